The number of amides is 1. The van der Waals surface area contributed by atoms with Gasteiger partial charge in [-0.1, -0.05) is 6.58 Å². The van der Waals surface area contributed by atoms with Crippen molar-refractivity contribution >= 4 is 28.9 Å². The third kappa shape index (κ3) is 5.75. The zero-order chi connectivity index (χ0) is 24.8. The molecule has 9 heteroatoms. The van der Waals surface area contributed by atoms with Gasteiger partial charge >= 0.3 is 0 Å². The van der Waals surface area contributed by atoms with E-state index in [0.717, 1.165) is 42.9 Å². The van der Waals surface area contributed by atoms with Crippen LogP contribution in [-0.4, -0.2) is 66.1 Å². The molecule has 0 bridgehead atoms. The molecule has 182 valence electrons. The largest absolute Gasteiger partial charge is 0.494 e. The predicted octanol–water partition coefficient (Wildman–Crippen LogP) is 3.95. The van der Waals surface area contributed by atoms with Gasteiger partial charge in [-0.05, 0) is 57.3 Å². The molecule has 3 heterocycles. The topological polar surface area (TPSA) is 95.5 Å². The number of methoxy groups -OCH3 is 1. The lowest BCUT2D eigenvalue weighted by molar-refractivity contribution is -0.111. The van der Waals surface area contributed by atoms with Crippen molar-refractivity contribution in [2.45, 2.75) is 18.9 Å². The van der Waals surface area contributed by atoms with Crippen LogP contribution < -0.4 is 20.3 Å². The van der Waals surface area contributed by atoms with Crippen molar-refractivity contribution in [1.29, 1.82) is 0 Å². The smallest absolute Gasteiger partial charge is 0.247 e. The molecule has 0 atom stereocenters. The summed E-state index contributed by atoms with van der Waals surface area (Å²) in [7, 11) is 5.85. The van der Waals surface area contributed by atoms with E-state index < -0.39 is 0 Å². The minimum atomic E-state index is -0.277. The van der Waals surface area contributed by atoms with E-state index in [1.807, 2.05) is 30.3 Å². The van der Waals surface area contributed by atoms with Gasteiger partial charge in [-0.25, -0.2) is 9.97 Å². The van der Waals surface area contributed by atoms with Crippen LogP contribution in [0.15, 0.2) is 61.6 Å². The van der Waals surface area contributed by atoms with Gasteiger partial charge in [0.25, 0.3) is 0 Å². The number of nitrogens with zero attached hydrogens (tertiary/aromatic N) is 5. The van der Waals surface area contributed by atoms with Crippen molar-refractivity contribution in [2.24, 2.45) is 0 Å². The molecule has 2 aromatic heterocycles. The maximum absolute atomic E-state index is 12.2. The van der Waals surface area contributed by atoms with Crippen LogP contribution in [0.25, 0.3) is 11.3 Å². The van der Waals surface area contributed by atoms with Gasteiger partial charge in [0.15, 0.2) is 0 Å². The molecule has 1 fully saturated rings. The third-order valence-electron chi connectivity index (χ3n) is 6.16. The predicted molar refractivity (Wildman–Crippen MR) is 139 cm³/mol. The molecule has 2 N–H and O–H groups in total. The molecule has 1 aliphatic rings. The van der Waals surface area contributed by atoms with Crippen molar-refractivity contribution in [3.05, 3.63) is 61.6 Å². The second-order valence-electron chi connectivity index (χ2n) is 8.58. The van der Waals surface area contributed by atoms with Crippen LogP contribution in [0.1, 0.15) is 12.8 Å². The Morgan fingerprint density at radius 3 is 2.66 bits per heavy atom. The van der Waals surface area contributed by atoms with Gasteiger partial charge in [0.05, 0.1) is 29.9 Å². The molecule has 9 nitrogen and oxygen atoms in total. The standard InChI is InChI=1S/C26H31N7O2/c1-5-25(34)29-21-15-22(31-26-28-12-8-20(30-26)18-7-6-11-27-17-18)24(35-4)16-23(21)33-13-9-19(10-14-33)32(2)3/h5-8,11-12,15-17,19H,1,9-10,13-14H2,2-4H3,(H,29,34)(H,28,30,31). The average Bonchev–Trinajstić information content (AvgIpc) is 2.89. The van der Waals surface area contributed by atoms with E-state index >= 15 is 0 Å². The van der Waals surface area contributed by atoms with E-state index in [1.165, 1.54) is 6.08 Å². The summed E-state index contributed by atoms with van der Waals surface area (Å²) in [5, 5.41) is 6.20. The van der Waals surface area contributed by atoms with Crippen LogP contribution >= 0.6 is 0 Å². The molecule has 1 aliphatic heterocycles. The van der Waals surface area contributed by atoms with E-state index in [0.29, 0.717) is 29.1 Å². The van der Waals surface area contributed by atoms with Crippen LogP contribution in [0, 0.1) is 0 Å². The van der Waals surface area contributed by atoms with Crippen LogP contribution in [0.3, 0.4) is 0 Å². The quantitative estimate of drug-likeness (QED) is 0.475. The Bertz CT molecular complexity index is 1180. The summed E-state index contributed by atoms with van der Waals surface area (Å²) >= 11 is 0. The first-order valence-electron chi connectivity index (χ1n) is 11.6. The first kappa shape index (κ1) is 24.2. The number of nitrogens with one attached hydrogen (secondary N) is 2. The molecule has 0 aliphatic carbocycles. The van der Waals surface area contributed by atoms with Gasteiger partial charge in [0.2, 0.25) is 11.9 Å². The van der Waals surface area contributed by atoms with Gasteiger partial charge in [0.1, 0.15) is 5.75 Å². The van der Waals surface area contributed by atoms with Crippen LogP contribution in [-0.2, 0) is 4.79 Å². The SMILES string of the molecule is C=CC(=O)Nc1cc(Nc2nccc(-c3cccnc3)n2)c(OC)cc1N1CCC(N(C)C)CC1. The summed E-state index contributed by atoms with van der Waals surface area (Å²) in [6.07, 6.45) is 8.51. The van der Waals surface area contributed by atoms with E-state index in [9.17, 15) is 4.79 Å². The highest BCUT2D eigenvalue weighted by molar-refractivity contribution is 6.02. The maximum Gasteiger partial charge on any atom is 0.247 e. The summed E-state index contributed by atoms with van der Waals surface area (Å²) in [5.74, 6) is 0.757. The van der Waals surface area contributed by atoms with Gasteiger partial charge in [-0.15, -0.1) is 0 Å². The van der Waals surface area contributed by atoms with Gasteiger partial charge in [-0.3, -0.25) is 9.78 Å². The highest BCUT2D eigenvalue weighted by Crippen LogP contribution is 2.39. The Kier molecular flexibility index (Phi) is 7.57. The van der Waals surface area contributed by atoms with E-state index in [4.69, 9.17) is 4.74 Å². The van der Waals surface area contributed by atoms with Crippen molar-refractivity contribution < 1.29 is 9.53 Å². The molecule has 0 unspecified atom stereocenters. The lowest BCUT2D eigenvalue weighted by Crippen LogP contribution is -2.42. The van der Waals surface area contributed by atoms with Gasteiger partial charge < -0.3 is 25.2 Å². The number of hydrogen-bond acceptors (Lipinski definition) is 8. The average molecular weight is 474 g/mol. The number of carbonyl (C=O) groups excluding carboxylic acids is 1. The Labute approximate surface area is 205 Å². The Balaban J connectivity index is 1.66. The number of piperidine rings is 1. The summed E-state index contributed by atoms with van der Waals surface area (Å²) in [6, 6.07) is 9.98. The van der Waals surface area contributed by atoms with E-state index in [-0.39, 0.29) is 5.91 Å². The number of ether oxygens (including phenoxy) is 1. The molecule has 0 saturated carbocycles. The third-order valence-corrected chi connectivity index (χ3v) is 6.16. The fraction of sp³-hybridized carbons (Fsp3) is 0.308. The van der Waals surface area contributed by atoms with Crippen molar-refractivity contribution in [2.75, 3.05) is 49.8 Å². The van der Waals surface area contributed by atoms with Gasteiger partial charge in [0, 0.05) is 49.4 Å². The van der Waals surface area contributed by atoms with Crippen molar-refractivity contribution in [1.82, 2.24) is 19.9 Å². The Hall–Kier alpha value is -3.98. The Morgan fingerprint density at radius 2 is 2.00 bits per heavy atom. The van der Waals surface area contributed by atoms with Crippen molar-refractivity contribution in [3.8, 4) is 17.0 Å². The van der Waals surface area contributed by atoms with Crippen molar-refractivity contribution in [3.63, 3.8) is 0 Å². The zero-order valence-corrected chi connectivity index (χ0v) is 20.4. The molecule has 1 amide bonds. The molecule has 35 heavy (non-hydrogen) atoms. The second-order valence-corrected chi connectivity index (χ2v) is 8.58. The number of aromatic nitrogens is 3. The number of benzene rings is 1. The number of hydrogen-bond donors (Lipinski definition) is 2. The fourth-order valence-electron chi connectivity index (χ4n) is 4.22. The molecule has 1 aromatic carbocycles. The second kappa shape index (κ2) is 11.0. The number of carbonyl (C=O) groups is 1. The molecule has 3 aromatic rings. The molecule has 4 rings (SSSR count). The molecular formula is C26H31N7O2. The normalized spacial score (nSPS) is 14.0. The summed E-state index contributed by atoms with van der Waals surface area (Å²) in [6.45, 7) is 5.36. The first-order chi connectivity index (χ1) is 17.0. The van der Waals surface area contributed by atoms with E-state index in [2.05, 4.69) is 56.1 Å². The lowest BCUT2D eigenvalue weighted by Gasteiger charge is -2.37. The fourth-order valence-corrected chi connectivity index (χ4v) is 4.22. The Morgan fingerprint density at radius 1 is 1.20 bits per heavy atom. The lowest BCUT2D eigenvalue weighted by atomic mass is 10.0. The molecule has 0 radical (unpaired) electrons. The van der Waals surface area contributed by atoms with Crippen LogP contribution in [0.2, 0.25) is 0 Å². The number of pyridine rings is 1. The van der Waals surface area contributed by atoms with Crippen LogP contribution in [0.5, 0.6) is 5.75 Å². The monoisotopic (exact) mass is 473 g/mol. The van der Waals surface area contributed by atoms with Crippen LogP contribution in [0.4, 0.5) is 23.0 Å². The molecule has 1 saturated heterocycles. The number of anilines is 4. The maximum atomic E-state index is 12.2. The summed E-state index contributed by atoms with van der Waals surface area (Å²) in [5.41, 5.74) is 3.85. The summed E-state index contributed by atoms with van der Waals surface area (Å²) < 4.78 is 5.71. The minimum absolute atomic E-state index is 0.277. The molecule has 0 spiro atoms. The highest BCUT2D eigenvalue weighted by Gasteiger charge is 2.24. The van der Waals surface area contributed by atoms with E-state index in [1.54, 1.807) is 25.7 Å². The van der Waals surface area contributed by atoms with Gasteiger partial charge in [-0.2, -0.15) is 0 Å². The minimum Gasteiger partial charge on any atom is -0.494 e. The zero-order valence-electron chi connectivity index (χ0n) is 20.4. The summed E-state index contributed by atoms with van der Waals surface area (Å²) in [4.78, 5) is 29.9. The highest BCUT2D eigenvalue weighted by atomic mass is 16.5. The first-order valence-corrected chi connectivity index (χ1v) is 11.6. The number of rotatable bonds is 8. The molecular weight excluding hydrogens is 442 g/mol.